The lowest BCUT2D eigenvalue weighted by atomic mass is 10.2. The summed E-state index contributed by atoms with van der Waals surface area (Å²) in [6.45, 7) is 1.58. The highest BCUT2D eigenvalue weighted by Gasteiger charge is 2.31. The highest BCUT2D eigenvalue weighted by Crippen LogP contribution is 2.21. The lowest BCUT2D eigenvalue weighted by molar-refractivity contribution is 0.231. The van der Waals surface area contributed by atoms with Crippen LogP contribution in [0.4, 0.5) is 4.39 Å². The smallest absolute Gasteiger partial charge is 0.124 e. The van der Waals surface area contributed by atoms with Crippen LogP contribution in [0.5, 0.6) is 0 Å². The highest BCUT2D eigenvalue weighted by molar-refractivity contribution is 5.85. The first-order valence-electron chi connectivity index (χ1n) is 4.77. The van der Waals surface area contributed by atoms with Crippen molar-refractivity contribution in [2.45, 2.75) is 25.2 Å². The summed E-state index contributed by atoms with van der Waals surface area (Å²) >= 11 is 0. The Morgan fingerprint density at radius 2 is 2.47 bits per heavy atom. The minimum Gasteiger partial charge on any atom is -0.364 e. The normalized spacial score (nSPS) is 26.5. The molecule has 1 aliphatic heterocycles. The van der Waals surface area contributed by atoms with E-state index < -0.39 is 6.17 Å². The van der Waals surface area contributed by atoms with Gasteiger partial charge in [-0.2, -0.15) is 0 Å². The molecule has 0 bridgehead atoms. The molecule has 0 spiro atoms. The average molecular weight is 236 g/mol. The summed E-state index contributed by atoms with van der Waals surface area (Å²) in [6, 6.07) is 1.93. The fraction of sp³-hybridized carbons (Fsp3) is 0.667. The Labute approximate surface area is 94.0 Å². The quantitative estimate of drug-likeness (QED) is 0.848. The molecule has 0 saturated carbocycles. The molecule has 0 aliphatic carbocycles. The van der Waals surface area contributed by atoms with Crippen LogP contribution in [0, 0.1) is 0 Å². The molecule has 1 aliphatic rings. The molecule has 0 unspecified atom stereocenters. The van der Waals surface area contributed by atoms with Crippen molar-refractivity contribution in [3.8, 4) is 0 Å². The first kappa shape index (κ1) is 12.4. The van der Waals surface area contributed by atoms with Crippen LogP contribution in [0.1, 0.15) is 12.1 Å². The number of hydrogen-bond acceptors (Lipinski definition) is 4. The summed E-state index contributed by atoms with van der Waals surface area (Å²) in [6.07, 6.45) is 1.31. The van der Waals surface area contributed by atoms with E-state index in [2.05, 4.69) is 5.16 Å². The van der Waals surface area contributed by atoms with Gasteiger partial charge in [-0.15, -0.1) is 12.4 Å². The molecule has 2 heterocycles. The standard InChI is InChI=1S/C9H14FN3O.ClH/c10-7-3-9(4-11)13(5-7)6-8-1-2-14-12-8;/h1-2,7,9H,3-6,11H2;1H/t7-,9-;/m0./s1. The van der Waals surface area contributed by atoms with E-state index in [4.69, 9.17) is 10.3 Å². The third kappa shape index (κ3) is 2.90. The Balaban J connectivity index is 0.00000112. The van der Waals surface area contributed by atoms with Gasteiger partial charge in [-0.3, -0.25) is 4.90 Å². The van der Waals surface area contributed by atoms with E-state index in [0.29, 0.717) is 26.1 Å². The monoisotopic (exact) mass is 235 g/mol. The Morgan fingerprint density at radius 3 is 3.07 bits per heavy atom. The van der Waals surface area contributed by atoms with E-state index in [1.54, 1.807) is 6.07 Å². The van der Waals surface area contributed by atoms with Crippen LogP contribution in [0.25, 0.3) is 0 Å². The first-order chi connectivity index (χ1) is 6.79. The summed E-state index contributed by atoms with van der Waals surface area (Å²) in [5.41, 5.74) is 6.39. The zero-order valence-electron chi connectivity index (χ0n) is 8.30. The first-order valence-corrected chi connectivity index (χ1v) is 4.77. The topological polar surface area (TPSA) is 55.3 Å². The Morgan fingerprint density at radius 1 is 1.67 bits per heavy atom. The van der Waals surface area contributed by atoms with Crippen molar-refractivity contribution in [1.29, 1.82) is 0 Å². The highest BCUT2D eigenvalue weighted by atomic mass is 35.5. The second-order valence-corrected chi connectivity index (χ2v) is 3.64. The van der Waals surface area contributed by atoms with Crippen molar-refractivity contribution in [1.82, 2.24) is 10.1 Å². The second-order valence-electron chi connectivity index (χ2n) is 3.64. The Hall–Kier alpha value is -0.650. The molecular formula is C9H15ClFN3O. The molecule has 4 nitrogen and oxygen atoms in total. The van der Waals surface area contributed by atoms with Crippen LogP contribution < -0.4 is 5.73 Å². The van der Waals surface area contributed by atoms with Gasteiger partial charge in [0.1, 0.15) is 12.4 Å². The molecule has 0 radical (unpaired) electrons. The maximum Gasteiger partial charge on any atom is 0.124 e. The van der Waals surface area contributed by atoms with Gasteiger partial charge in [0.2, 0.25) is 0 Å². The largest absolute Gasteiger partial charge is 0.364 e. The number of nitrogens with two attached hydrogens (primary N) is 1. The molecule has 2 rings (SSSR count). The van der Waals surface area contributed by atoms with Gasteiger partial charge in [0.25, 0.3) is 0 Å². The third-order valence-electron chi connectivity index (χ3n) is 2.61. The van der Waals surface area contributed by atoms with E-state index in [1.165, 1.54) is 6.26 Å². The molecule has 2 N–H and O–H groups in total. The molecule has 1 aromatic rings. The lowest BCUT2D eigenvalue weighted by Gasteiger charge is -2.20. The maximum absolute atomic E-state index is 13.1. The molecule has 86 valence electrons. The molecule has 1 fully saturated rings. The van der Waals surface area contributed by atoms with Gasteiger partial charge in [0, 0.05) is 31.7 Å². The molecule has 2 atom stereocenters. The van der Waals surface area contributed by atoms with Gasteiger partial charge >= 0.3 is 0 Å². The fourth-order valence-corrected chi connectivity index (χ4v) is 1.89. The molecule has 15 heavy (non-hydrogen) atoms. The van der Waals surface area contributed by atoms with Crippen LogP contribution >= 0.6 is 12.4 Å². The van der Waals surface area contributed by atoms with Crippen molar-refractivity contribution < 1.29 is 8.91 Å². The maximum atomic E-state index is 13.1. The fourth-order valence-electron chi connectivity index (χ4n) is 1.89. The number of halogens is 2. The zero-order chi connectivity index (χ0) is 9.97. The van der Waals surface area contributed by atoms with Crippen molar-refractivity contribution in [3.05, 3.63) is 18.0 Å². The molecule has 1 aromatic heterocycles. The third-order valence-corrected chi connectivity index (χ3v) is 2.61. The van der Waals surface area contributed by atoms with Gasteiger partial charge < -0.3 is 10.3 Å². The number of nitrogens with zero attached hydrogens (tertiary/aromatic N) is 2. The molecular weight excluding hydrogens is 221 g/mol. The summed E-state index contributed by atoms with van der Waals surface area (Å²) < 4.78 is 17.8. The lowest BCUT2D eigenvalue weighted by Crippen LogP contribution is -2.34. The van der Waals surface area contributed by atoms with Gasteiger partial charge in [0.05, 0.1) is 5.69 Å². The van der Waals surface area contributed by atoms with E-state index in [1.807, 2.05) is 4.90 Å². The summed E-state index contributed by atoms with van der Waals surface area (Å²) in [5, 5.41) is 3.79. The predicted octanol–water partition coefficient (Wildman–Crippen LogP) is 0.968. The zero-order valence-corrected chi connectivity index (χ0v) is 9.12. The van der Waals surface area contributed by atoms with Gasteiger partial charge in [-0.25, -0.2) is 4.39 Å². The van der Waals surface area contributed by atoms with Crippen molar-refractivity contribution >= 4 is 12.4 Å². The van der Waals surface area contributed by atoms with Crippen molar-refractivity contribution in [3.63, 3.8) is 0 Å². The Bertz CT molecular complexity index is 283. The summed E-state index contributed by atoms with van der Waals surface area (Å²) in [7, 11) is 0. The molecule has 1 saturated heterocycles. The number of hydrogen-bond donors (Lipinski definition) is 1. The SMILES string of the molecule is Cl.NC[C@@H]1C[C@H](F)CN1Cc1ccon1. The minimum absolute atomic E-state index is 0. The number of alkyl halides is 1. The van der Waals surface area contributed by atoms with Crippen molar-refractivity contribution in [2.75, 3.05) is 13.1 Å². The summed E-state index contributed by atoms with van der Waals surface area (Å²) in [5.74, 6) is 0. The van der Waals surface area contributed by atoms with Gasteiger partial charge in [0.15, 0.2) is 0 Å². The van der Waals surface area contributed by atoms with Gasteiger partial charge in [-0.05, 0) is 6.42 Å². The van der Waals surface area contributed by atoms with Gasteiger partial charge in [-0.1, -0.05) is 5.16 Å². The van der Waals surface area contributed by atoms with E-state index in [9.17, 15) is 4.39 Å². The predicted molar refractivity (Wildman–Crippen MR) is 56.5 cm³/mol. The minimum atomic E-state index is -0.754. The van der Waals surface area contributed by atoms with E-state index in [-0.39, 0.29) is 18.4 Å². The molecule has 6 heteroatoms. The van der Waals surface area contributed by atoms with E-state index in [0.717, 1.165) is 5.69 Å². The molecule has 0 amide bonds. The van der Waals surface area contributed by atoms with Crippen LogP contribution in [0.2, 0.25) is 0 Å². The molecule has 0 aromatic carbocycles. The number of rotatable bonds is 3. The second kappa shape index (κ2) is 5.44. The summed E-state index contributed by atoms with van der Waals surface area (Å²) in [4.78, 5) is 2.02. The average Bonchev–Trinajstić information content (AvgIpc) is 2.76. The Kier molecular flexibility index (Phi) is 4.50. The van der Waals surface area contributed by atoms with Crippen LogP contribution in [-0.4, -0.2) is 35.4 Å². The van der Waals surface area contributed by atoms with Crippen molar-refractivity contribution in [2.24, 2.45) is 5.73 Å². The van der Waals surface area contributed by atoms with E-state index >= 15 is 0 Å². The van der Waals surface area contributed by atoms with Crippen LogP contribution in [0.15, 0.2) is 16.9 Å². The van der Waals surface area contributed by atoms with Crippen LogP contribution in [-0.2, 0) is 6.54 Å². The number of likely N-dealkylation sites (tertiary alicyclic amines) is 1. The van der Waals surface area contributed by atoms with Crippen LogP contribution in [0.3, 0.4) is 0 Å². The number of aromatic nitrogens is 1.